The molecule has 0 atom stereocenters. The Balaban J connectivity index is 2.28. The maximum absolute atomic E-state index is 4.53. The number of hydrogen-bond donors (Lipinski definition) is 0. The van der Waals surface area contributed by atoms with Crippen LogP contribution in [0, 0.1) is 0 Å². The lowest BCUT2D eigenvalue weighted by atomic mass is 10.3. The second kappa shape index (κ2) is 4.20. The fourth-order valence-corrected chi connectivity index (χ4v) is 1.91. The van der Waals surface area contributed by atoms with Gasteiger partial charge in [-0.15, -0.1) is 11.3 Å². The summed E-state index contributed by atoms with van der Waals surface area (Å²) in [5.74, 6) is 0. The quantitative estimate of drug-likeness (QED) is 0.654. The van der Waals surface area contributed by atoms with E-state index in [9.17, 15) is 0 Å². The summed E-state index contributed by atoms with van der Waals surface area (Å²) in [6.45, 7) is 2.04. The summed E-state index contributed by atoms with van der Waals surface area (Å²) in [6, 6.07) is 14.2. The van der Waals surface area contributed by atoms with Gasteiger partial charge in [0.25, 0.3) is 0 Å². The zero-order valence-corrected chi connectivity index (χ0v) is 8.79. The smallest absolute Gasteiger partial charge is 0.0633 e. The Labute approximate surface area is 87.8 Å². The van der Waals surface area contributed by atoms with Crippen molar-refractivity contribution in [2.24, 2.45) is 4.99 Å². The molecule has 2 aromatic rings. The average Bonchev–Trinajstić information content (AvgIpc) is 2.72. The first-order valence-corrected chi connectivity index (χ1v) is 5.38. The number of para-hydroxylation sites is 1. The van der Waals surface area contributed by atoms with Gasteiger partial charge in [-0.2, -0.15) is 0 Å². The molecule has 0 amide bonds. The van der Waals surface area contributed by atoms with Crippen molar-refractivity contribution >= 4 is 22.7 Å². The van der Waals surface area contributed by atoms with Crippen LogP contribution in [-0.4, -0.2) is 5.71 Å². The minimum atomic E-state index is 1.01. The zero-order valence-electron chi connectivity index (χ0n) is 7.97. The van der Waals surface area contributed by atoms with Crippen LogP contribution >= 0.6 is 11.3 Å². The second-order valence-electron chi connectivity index (χ2n) is 3.01. The Morgan fingerprint density at radius 2 is 1.86 bits per heavy atom. The van der Waals surface area contributed by atoms with E-state index in [-0.39, 0.29) is 0 Å². The van der Waals surface area contributed by atoms with Crippen LogP contribution in [0.5, 0.6) is 0 Å². The van der Waals surface area contributed by atoms with Crippen LogP contribution in [0.2, 0.25) is 0 Å². The summed E-state index contributed by atoms with van der Waals surface area (Å²) >= 11 is 1.72. The number of aliphatic imine (C=N–C) groups is 1. The largest absolute Gasteiger partial charge is 0.252 e. The average molecular weight is 201 g/mol. The fraction of sp³-hybridized carbons (Fsp3) is 0.0833. The highest BCUT2D eigenvalue weighted by molar-refractivity contribution is 7.12. The number of hydrogen-bond acceptors (Lipinski definition) is 2. The second-order valence-corrected chi connectivity index (χ2v) is 3.96. The van der Waals surface area contributed by atoms with Crippen LogP contribution < -0.4 is 0 Å². The number of rotatable bonds is 2. The van der Waals surface area contributed by atoms with Gasteiger partial charge in [0, 0.05) is 4.88 Å². The third kappa shape index (κ3) is 2.09. The Kier molecular flexibility index (Phi) is 2.75. The van der Waals surface area contributed by atoms with Crippen LogP contribution in [0.15, 0.2) is 52.8 Å². The molecular formula is C12H11NS. The van der Waals surface area contributed by atoms with E-state index in [0.717, 1.165) is 11.4 Å². The predicted octanol–water partition coefficient (Wildman–Crippen LogP) is 3.89. The molecule has 70 valence electrons. The van der Waals surface area contributed by atoms with E-state index in [2.05, 4.69) is 16.4 Å². The first-order chi connectivity index (χ1) is 6.86. The number of thiophene rings is 1. The summed E-state index contributed by atoms with van der Waals surface area (Å²) in [7, 11) is 0. The minimum Gasteiger partial charge on any atom is -0.252 e. The molecule has 0 unspecified atom stereocenters. The highest BCUT2D eigenvalue weighted by Crippen LogP contribution is 2.15. The Morgan fingerprint density at radius 1 is 1.07 bits per heavy atom. The van der Waals surface area contributed by atoms with Crippen molar-refractivity contribution in [2.45, 2.75) is 6.92 Å². The van der Waals surface area contributed by atoms with E-state index < -0.39 is 0 Å². The van der Waals surface area contributed by atoms with E-state index >= 15 is 0 Å². The molecule has 0 spiro atoms. The third-order valence-corrected chi connectivity index (χ3v) is 2.91. The maximum Gasteiger partial charge on any atom is 0.0633 e. The lowest BCUT2D eigenvalue weighted by molar-refractivity contribution is 1.50. The normalized spacial score (nSPS) is 11.6. The fourth-order valence-electron chi connectivity index (χ4n) is 1.24. The zero-order chi connectivity index (χ0) is 9.80. The van der Waals surface area contributed by atoms with Gasteiger partial charge in [0.1, 0.15) is 0 Å². The van der Waals surface area contributed by atoms with E-state index in [1.807, 2.05) is 43.3 Å². The number of benzene rings is 1. The van der Waals surface area contributed by atoms with Crippen molar-refractivity contribution in [3.05, 3.63) is 52.7 Å². The van der Waals surface area contributed by atoms with Gasteiger partial charge < -0.3 is 0 Å². The molecule has 0 fully saturated rings. The molecule has 1 aromatic carbocycles. The van der Waals surface area contributed by atoms with Crippen molar-refractivity contribution in [2.75, 3.05) is 0 Å². The van der Waals surface area contributed by atoms with Crippen LogP contribution in [0.1, 0.15) is 11.8 Å². The first-order valence-electron chi connectivity index (χ1n) is 4.50. The summed E-state index contributed by atoms with van der Waals surface area (Å²) in [5, 5.41) is 2.07. The van der Waals surface area contributed by atoms with Gasteiger partial charge >= 0.3 is 0 Å². The van der Waals surface area contributed by atoms with Crippen LogP contribution in [0.3, 0.4) is 0 Å². The third-order valence-electron chi connectivity index (χ3n) is 1.93. The lowest BCUT2D eigenvalue weighted by Crippen LogP contribution is -1.88. The van der Waals surface area contributed by atoms with Crippen molar-refractivity contribution in [3.8, 4) is 0 Å². The number of nitrogens with zero attached hydrogens (tertiary/aromatic N) is 1. The van der Waals surface area contributed by atoms with Crippen LogP contribution in [0.4, 0.5) is 5.69 Å². The van der Waals surface area contributed by atoms with E-state index in [1.165, 1.54) is 4.88 Å². The maximum atomic E-state index is 4.53. The molecule has 1 nitrogen and oxygen atoms in total. The molecule has 0 N–H and O–H groups in total. The van der Waals surface area contributed by atoms with Crippen molar-refractivity contribution in [1.82, 2.24) is 0 Å². The summed E-state index contributed by atoms with van der Waals surface area (Å²) in [4.78, 5) is 5.76. The van der Waals surface area contributed by atoms with E-state index in [4.69, 9.17) is 0 Å². The highest BCUT2D eigenvalue weighted by atomic mass is 32.1. The summed E-state index contributed by atoms with van der Waals surface area (Å²) in [5.41, 5.74) is 2.09. The molecule has 1 heterocycles. The topological polar surface area (TPSA) is 12.4 Å². The van der Waals surface area contributed by atoms with Gasteiger partial charge in [0.15, 0.2) is 0 Å². The Morgan fingerprint density at radius 3 is 2.50 bits per heavy atom. The monoisotopic (exact) mass is 201 g/mol. The van der Waals surface area contributed by atoms with Gasteiger partial charge in [-0.3, -0.25) is 4.99 Å². The van der Waals surface area contributed by atoms with Crippen LogP contribution in [0.25, 0.3) is 0 Å². The Hall–Kier alpha value is -1.41. The molecule has 1 aromatic heterocycles. The highest BCUT2D eigenvalue weighted by Gasteiger charge is 1.97. The van der Waals surface area contributed by atoms with Gasteiger partial charge in [0.05, 0.1) is 11.4 Å². The molecule has 14 heavy (non-hydrogen) atoms. The van der Waals surface area contributed by atoms with Gasteiger partial charge in [-0.25, -0.2) is 0 Å². The summed E-state index contributed by atoms with van der Waals surface area (Å²) < 4.78 is 0. The Bertz CT molecular complexity index is 415. The molecule has 0 saturated heterocycles. The van der Waals surface area contributed by atoms with Gasteiger partial charge in [-0.05, 0) is 30.5 Å². The van der Waals surface area contributed by atoms with E-state index in [1.54, 1.807) is 11.3 Å². The minimum absolute atomic E-state index is 1.01. The SMILES string of the molecule is CC(=Nc1ccccc1)c1cccs1. The van der Waals surface area contributed by atoms with Crippen molar-refractivity contribution in [1.29, 1.82) is 0 Å². The first kappa shape index (κ1) is 9.16. The van der Waals surface area contributed by atoms with Crippen molar-refractivity contribution in [3.63, 3.8) is 0 Å². The molecule has 2 rings (SSSR count). The molecule has 0 aliphatic rings. The molecule has 2 heteroatoms. The summed E-state index contributed by atoms with van der Waals surface area (Å²) in [6.07, 6.45) is 0. The van der Waals surface area contributed by atoms with Crippen LogP contribution in [-0.2, 0) is 0 Å². The molecule has 0 radical (unpaired) electrons. The molecule has 0 saturated carbocycles. The molecule has 0 bridgehead atoms. The van der Waals surface area contributed by atoms with E-state index in [0.29, 0.717) is 0 Å². The van der Waals surface area contributed by atoms with Gasteiger partial charge in [0.2, 0.25) is 0 Å². The molecular weight excluding hydrogens is 190 g/mol. The molecule has 0 aliphatic carbocycles. The van der Waals surface area contributed by atoms with Gasteiger partial charge in [-0.1, -0.05) is 24.3 Å². The standard InChI is InChI=1S/C12H11NS/c1-10(12-8-5-9-14-12)13-11-6-3-2-4-7-11/h2-9H,1H3. The predicted molar refractivity (Wildman–Crippen MR) is 62.6 cm³/mol. The lowest BCUT2D eigenvalue weighted by Gasteiger charge is -1.96. The van der Waals surface area contributed by atoms with Crippen molar-refractivity contribution < 1.29 is 0 Å². The molecule has 0 aliphatic heterocycles.